The monoisotopic (exact) mass is 661 g/mol. The molecular weight excluding hydrogens is 602 g/mol. The van der Waals surface area contributed by atoms with Crippen molar-refractivity contribution in [3.8, 4) is 11.1 Å². The third-order valence-electron chi connectivity index (χ3n) is 9.75. The first-order chi connectivity index (χ1) is 23.4. The van der Waals surface area contributed by atoms with Crippen molar-refractivity contribution in [3.63, 3.8) is 0 Å². The van der Waals surface area contributed by atoms with Gasteiger partial charge in [0.1, 0.15) is 6.10 Å². The smallest absolute Gasteiger partial charge is 0.411 e. The van der Waals surface area contributed by atoms with E-state index < -0.39 is 6.09 Å². The van der Waals surface area contributed by atoms with Gasteiger partial charge in [0.15, 0.2) is 0 Å². The number of benzene rings is 2. The molecule has 2 aliphatic rings. The van der Waals surface area contributed by atoms with E-state index in [0.717, 1.165) is 127 Å². The number of amides is 3. The van der Waals surface area contributed by atoms with Crippen LogP contribution in [0.25, 0.3) is 11.1 Å². The fraction of sp³-hybridized carbons (Fsp3) is 0.615. The number of nitrogens with zero attached hydrogens (tertiary/aromatic N) is 4. The molecule has 3 amide bonds. The van der Waals surface area contributed by atoms with Crippen LogP contribution in [0.1, 0.15) is 78.1 Å². The summed E-state index contributed by atoms with van der Waals surface area (Å²) in [6.45, 7) is 12.2. The van der Waals surface area contributed by atoms with E-state index in [1.165, 1.54) is 0 Å². The maximum Gasteiger partial charge on any atom is 0.411 e. The lowest BCUT2D eigenvalue weighted by Crippen LogP contribution is -2.45. The molecule has 0 aromatic heterocycles. The molecule has 2 aromatic rings. The Kier molecular flexibility index (Phi) is 15.7. The largest absolute Gasteiger partial charge is 0.446 e. The van der Waals surface area contributed by atoms with Crippen LogP contribution in [0, 0.1) is 5.92 Å². The molecule has 0 saturated carbocycles. The Morgan fingerprint density at radius 1 is 0.812 bits per heavy atom. The van der Waals surface area contributed by atoms with Crippen LogP contribution in [0.2, 0.25) is 0 Å². The zero-order valence-corrected chi connectivity index (χ0v) is 29.7. The number of piperidine rings is 2. The molecule has 2 saturated heterocycles. The fourth-order valence-corrected chi connectivity index (χ4v) is 6.99. The van der Waals surface area contributed by atoms with E-state index in [1.807, 2.05) is 66.5 Å². The van der Waals surface area contributed by atoms with E-state index in [1.54, 1.807) is 0 Å². The molecule has 2 aliphatic heterocycles. The molecule has 48 heavy (non-hydrogen) atoms. The van der Waals surface area contributed by atoms with Crippen LogP contribution >= 0.6 is 0 Å². The molecule has 0 radical (unpaired) electrons. The zero-order valence-electron chi connectivity index (χ0n) is 29.7. The minimum absolute atomic E-state index is 0.113. The van der Waals surface area contributed by atoms with E-state index in [9.17, 15) is 14.4 Å². The van der Waals surface area contributed by atoms with Gasteiger partial charge in [-0.15, -0.1) is 0 Å². The van der Waals surface area contributed by atoms with Crippen molar-refractivity contribution in [1.82, 2.24) is 19.6 Å². The van der Waals surface area contributed by atoms with Gasteiger partial charge in [-0.25, -0.2) is 4.79 Å². The molecule has 9 heteroatoms. The number of ether oxygens (including phenoxy) is 1. The van der Waals surface area contributed by atoms with Crippen molar-refractivity contribution >= 4 is 23.6 Å². The van der Waals surface area contributed by atoms with E-state index >= 15 is 0 Å². The lowest BCUT2D eigenvalue weighted by Gasteiger charge is -2.35. The van der Waals surface area contributed by atoms with E-state index in [0.29, 0.717) is 18.9 Å². The van der Waals surface area contributed by atoms with Gasteiger partial charge in [0.05, 0.1) is 11.6 Å². The molecule has 9 nitrogen and oxygen atoms in total. The number of likely N-dealkylation sites (tertiary alicyclic amines) is 2. The molecule has 1 unspecified atom stereocenters. The number of unbranched alkanes of at least 4 members (excludes halogenated alkanes) is 2. The molecule has 1 atom stereocenters. The predicted molar refractivity (Wildman–Crippen MR) is 194 cm³/mol. The van der Waals surface area contributed by atoms with Crippen molar-refractivity contribution in [2.24, 2.45) is 5.92 Å². The van der Waals surface area contributed by atoms with Crippen molar-refractivity contribution < 1.29 is 19.1 Å². The van der Waals surface area contributed by atoms with Gasteiger partial charge in [0.2, 0.25) is 11.8 Å². The third kappa shape index (κ3) is 11.9. The summed E-state index contributed by atoms with van der Waals surface area (Å²) in [7, 11) is 1.90. The summed E-state index contributed by atoms with van der Waals surface area (Å²) in [4.78, 5) is 47.4. The molecule has 4 rings (SSSR count). The third-order valence-corrected chi connectivity index (χ3v) is 9.75. The van der Waals surface area contributed by atoms with Gasteiger partial charge in [-0.3, -0.25) is 14.9 Å². The number of likely N-dealkylation sites (N-methyl/N-ethyl adjacent to an activating group) is 1. The lowest BCUT2D eigenvalue weighted by atomic mass is 9.96. The first-order valence-corrected chi connectivity index (χ1v) is 18.5. The highest BCUT2D eigenvalue weighted by Crippen LogP contribution is 2.28. The Hall–Kier alpha value is -3.43. The quantitative estimate of drug-likeness (QED) is 0.189. The lowest BCUT2D eigenvalue weighted by molar-refractivity contribution is -0.137. The number of para-hydroxylation sites is 1. The fourth-order valence-electron chi connectivity index (χ4n) is 6.99. The van der Waals surface area contributed by atoms with Crippen LogP contribution in [0.3, 0.4) is 0 Å². The van der Waals surface area contributed by atoms with Crippen molar-refractivity contribution in [2.75, 3.05) is 71.3 Å². The summed E-state index contributed by atoms with van der Waals surface area (Å²) < 4.78 is 5.78. The molecule has 2 heterocycles. The number of nitrogens with one attached hydrogen (secondary N) is 1. The van der Waals surface area contributed by atoms with Crippen LogP contribution in [-0.2, 0) is 14.3 Å². The highest BCUT2D eigenvalue weighted by Gasteiger charge is 2.28. The summed E-state index contributed by atoms with van der Waals surface area (Å²) >= 11 is 0. The maximum atomic E-state index is 13.1. The first kappa shape index (κ1) is 37.4. The highest BCUT2D eigenvalue weighted by molar-refractivity contribution is 5.91. The number of anilines is 1. The minimum Gasteiger partial charge on any atom is -0.446 e. The minimum atomic E-state index is -0.418. The highest BCUT2D eigenvalue weighted by atomic mass is 16.6. The topological polar surface area (TPSA) is 85.4 Å². The summed E-state index contributed by atoms with van der Waals surface area (Å²) in [6, 6.07) is 17.8. The second-order valence-corrected chi connectivity index (χ2v) is 13.6. The van der Waals surface area contributed by atoms with Crippen molar-refractivity contribution in [2.45, 2.75) is 84.2 Å². The summed E-state index contributed by atoms with van der Waals surface area (Å²) in [5, 5.41) is 2.94. The number of hydrogen-bond donors (Lipinski definition) is 1. The maximum absolute atomic E-state index is 13.1. The van der Waals surface area contributed by atoms with Crippen molar-refractivity contribution in [3.05, 3.63) is 54.6 Å². The number of hydrogen-bond acceptors (Lipinski definition) is 6. The standard InChI is InChI=1S/C39H59N5O4/c1-4-23-44(24-5-2)38(46)33-17-14-26-43(31-33)25-13-7-10-20-37(45)41(3)29-30-42-27-21-34(22-28-42)48-39(47)40-36-19-12-11-18-35(36)32-15-8-6-9-16-32/h6,8-9,11-12,15-16,18-19,33-34H,4-5,7,10,13-14,17,20-31H2,1-3H3,(H,40,47). The average Bonchev–Trinajstić information content (AvgIpc) is 3.11. The van der Waals surface area contributed by atoms with Gasteiger partial charge in [0, 0.05) is 64.8 Å². The molecule has 2 aromatic carbocycles. The van der Waals surface area contributed by atoms with Gasteiger partial charge in [-0.05, 0) is 76.1 Å². The van der Waals surface area contributed by atoms with Crippen LogP contribution in [0.5, 0.6) is 0 Å². The van der Waals surface area contributed by atoms with Crippen LogP contribution in [0.15, 0.2) is 54.6 Å². The normalized spacial score (nSPS) is 17.5. The van der Waals surface area contributed by atoms with Gasteiger partial charge >= 0.3 is 6.09 Å². The predicted octanol–water partition coefficient (Wildman–Crippen LogP) is 6.75. The van der Waals surface area contributed by atoms with Crippen LogP contribution in [-0.4, -0.2) is 110 Å². The van der Waals surface area contributed by atoms with E-state index in [2.05, 4.69) is 33.9 Å². The SMILES string of the molecule is CCCN(CCC)C(=O)C1CCCN(CCCCCC(=O)N(C)CCN2CCC(OC(=O)Nc3ccccc3-c3ccccc3)CC2)C1. The van der Waals surface area contributed by atoms with Gasteiger partial charge in [0.25, 0.3) is 0 Å². The summed E-state index contributed by atoms with van der Waals surface area (Å²) in [5.41, 5.74) is 2.75. The van der Waals surface area contributed by atoms with Gasteiger partial charge in [-0.1, -0.05) is 68.8 Å². The summed E-state index contributed by atoms with van der Waals surface area (Å²) in [5.74, 6) is 0.688. The second kappa shape index (κ2) is 20.2. The van der Waals surface area contributed by atoms with Gasteiger partial charge in [-0.2, -0.15) is 0 Å². The average molecular weight is 662 g/mol. The molecule has 2 fully saturated rings. The Morgan fingerprint density at radius 3 is 2.25 bits per heavy atom. The molecule has 264 valence electrons. The van der Waals surface area contributed by atoms with Crippen LogP contribution in [0.4, 0.5) is 10.5 Å². The van der Waals surface area contributed by atoms with E-state index in [-0.39, 0.29) is 17.9 Å². The number of rotatable bonds is 17. The summed E-state index contributed by atoms with van der Waals surface area (Å²) in [6.07, 6.45) is 8.75. The molecule has 0 aliphatic carbocycles. The number of carbonyl (C=O) groups is 3. The van der Waals surface area contributed by atoms with Crippen molar-refractivity contribution in [1.29, 1.82) is 0 Å². The molecule has 0 bridgehead atoms. The Labute approximate surface area is 289 Å². The zero-order chi connectivity index (χ0) is 34.1. The second-order valence-electron chi connectivity index (χ2n) is 13.6. The molecule has 1 N–H and O–H groups in total. The van der Waals surface area contributed by atoms with E-state index in [4.69, 9.17) is 4.74 Å². The van der Waals surface area contributed by atoms with Crippen LogP contribution < -0.4 is 5.32 Å². The molecule has 0 spiro atoms. The Bertz CT molecular complexity index is 1260. The first-order valence-electron chi connectivity index (χ1n) is 18.5. The Balaban J connectivity index is 1.06. The Morgan fingerprint density at radius 2 is 1.52 bits per heavy atom. The van der Waals surface area contributed by atoms with Gasteiger partial charge < -0.3 is 24.3 Å². The molecular formula is C39H59N5O4. The number of carbonyl (C=O) groups excluding carboxylic acids is 3.